The van der Waals surface area contributed by atoms with Gasteiger partial charge < -0.3 is 14.0 Å². The van der Waals surface area contributed by atoms with Crippen molar-refractivity contribution in [2.24, 2.45) is 5.92 Å². The molecule has 0 atom stereocenters. The first-order valence-electron chi connectivity index (χ1n) is 10.3. The molecule has 1 aromatic carbocycles. The van der Waals surface area contributed by atoms with Gasteiger partial charge in [-0.25, -0.2) is 9.18 Å². The predicted octanol–water partition coefficient (Wildman–Crippen LogP) is 4.91. The highest BCUT2D eigenvalue weighted by Crippen LogP contribution is 2.36. The lowest BCUT2D eigenvalue weighted by Crippen LogP contribution is -2.41. The average Bonchev–Trinajstić information content (AvgIpc) is 2.75. The maximum absolute atomic E-state index is 15.1. The topological polar surface area (TPSA) is 48.0 Å². The molecule has 29 heavy (non-hydrogen) atoms. The Kier molecular flexibility index (Phi) is 6.75. The number of hydrogen-bond acceptors (Lipinski definition) is 4. The average molecular weight is 407 g/mol. The Balaban J connectivity index is 2.30. The number of hydrogen-bond donors (Lipinski definition) is 0. The summed E-state index contributed by atoms with van der Waals surface area (Å²) < 4.78 is 32.6. The Bertz CT molecular complexity index is 727. The standard InChI is InChI=1S/C22H35BFNO4/c1-15(2)12-13-25(19(26)27-20(3,4)5)18-11-10-16(14-17(18)24)23-28-21(6,7)22(8,9)29-23/h10-11,14-15H,12-13H2,1-9H3. The lowest BCUT2D eigenvalue weighted by Gasteiger charge is -2.32. The van der Waals surface area contributed by atoms with Gasteiger partial charge in [0, 0.05) is 6.54 Å². The zero-order chi connectivity index (χ0) is 22.2. The molecule has 162 valence electrons. The molecule has 0 radical (unpaired) electrons. The molecule has 0 spiro atoms. The monoisotopic (exact) mass is 407 g/mol. The number of amides is 1. The van der Waals surface area contributed by atoms with Gasteiger partial charge in [-0.1, -0.05) is 19.9 Å². The number of carbonyl (C=O) groups excluding carboxylic acids is 1. The predicted molar refractivity (Wildman–Crippen MR) is 115 cm³/mol. The molecule has 0 saturated carbocycles. The largest absolute Gasteiger partial charge is 0.494 e. The molecule has 1 heterocycles. The van der Waals surface area contributed by atoms with Crippen molar-refractivity contribution in [3.63, 3.8) is 0 Å². The summed E-state index contributed by atoms with van der Waals surface area (Å²) in [6, 6.07) is 4.72. The highest BCUT2D eigenvalue weighted by atomic mass is 19.1. The van der Waals surface area contributed by atoms with Gasteiger partial charge in [0.05, 0.1) is 16.9 Å². The van der Waals surface area contributed by atoms with Crippen LogP contribution in [0.25, 0.3) is 0 Å². The molecule has 1 saturated heterocycles. The minimum absolute atomic E-state index is 0.195. The molecule has 1 aliphatic rings. The van der Waals surface area contributed by atoms with Crippen molar-refractivity contribution in [3.05, 3.63) is 24.0 Å². The van der Waals surface area contributed by atoms with Gasteiger partial charge in [-0.2, -0.15) is 0 Å². The molecule has 0 aliphatic carbocycles. The van der Waals surface area contributed by atoms with Crippen LogP contribution in [0.5, 0.6) is 0 Å². The number of benzene rings is 1. The third kappa shape index (κ3) is 5.73. The molecule has 1 aliphatic heterocycles. The molecule has 1 aromatic rings. The summed E-state index contributed by atoms with van der Waals surface area (Å²) in [5, 5.41) is 0. The Hall–Kier alpha value is -1.60. The van der Waals surface area contributed by atoms with E-state index in [0.29, 0.717) is 17.9 Å². The van der Waals surface area contributed by atoms with Gasteiger partial charge in [0.25, 0.3) is 0 Å². The number of carbonyl (C=O) groups is 1. The van der Waals surface area contributed by atoms with Crippen molar-refractivity contribution < 1.29 is 23.2 Å². The van der Waals surface area contributed by atoms with Crippen LogP contribution in [0.2, 0.25) is 0 Å². The lowest BCUT2D eigenvalue weighted by molar-refractivity contribution is 0.00578. The SMILES string of the molecule is CC(C)CCN(C(=O)OC(C)(C)C)c1ccc(B2OC(C)(C)C(C)(C)O2)cc1F. The first-order chi connectivity index (χ1) is 13.1. The number of halogens is 1. The van der Waals surface area contributed by atoms with Crippen LogP contribution in [-0.4, -0.2) is 36.6 Å². The summed E-state index contributed by atoms with van der Waals surface area (Å²) in [7, 11) is -0.658. The van der Waals surface area contributed by atoms with Crippen LogP contribution in [-0.2, 0) is 14.0 Å². The minimum Gasteiger partial charge on any atom is -0.443 e. The summed E-state index contributed by atoms with van der Waals surface area (Å²) in [5.74, 6) is -0.140. The number of rotatable bonds is 5. The molecule has 0 aromatic heterocycles. The lowest BCUT2D eigenvalue weighted by atomic mass is 9.79. The molecule has 1 amide bonds. The third-order valence-electron chi connectivity index (χ3n) is 5.33. The van der Waals surface area contributed by atoms with E-state index in [9.17, 15) is 4.79 Å². The van der Waals surface area contributed by atoms with E-state index < -0.39 is 35.8 Å². The smallest absolute Gasteiger partial charge is 0.443 e. The van der Waals surface area contributed by atoms with E-state index in [1.807, 2.05) is 27.7 Å². The van der Waals surface area contributed by atoms with Crippen LogP contribution >= 0.6 is 0 Å². The molecular formula is C22H35BFNO4. The van der Waals surface area contributed by atoms with E-state index in [-0.39, 0.29) is 5.69 Å². The maximum Gasteiger partial charge on any atom is 0.494 e. The fourth-order valence-electron chi connectivity index (χ4n) is 2.88. The normalized spacial score (nSPS) is 18.2. The van der Waals surface area contributed by atoms with Crippen LogP contribution < -0.4 is 10.4 Å². The molecule has 2 rings (SSSR count). The van der Waals surface area contributed by atoms with Gasteiger partial charge in [-0.3, -0.25) is 4.90 Å². The number of nitrogens with zero attached hydrogens (tertiary/aromatic N) is 1. The molecule has 0 N–H and O–H groups in total. The first kappa shape index (κ1) is 23.7. The Morgan fingerprint density at radius 3 is 2.17 bits per heavy atom. The fourth-order valence-corrected chi connectivity index (χ4v) is 2.88. The summed E-state index contributed by atoms with van der Waals surface area (Å²) >= 11 is 0. The quantitative estimate of drug-likeness (QED) is 0.651. The van der Waals surface area contributed by atoms with E-state index in [4.69, 9.17) is 14.0 Å². The van der Waals surface area contributed by atoms with E-state index in [0.717, 1.165) is 6.42 Å². The summed E-state index contributed by atoms with van der Waals surface area (Å²) in [5.41, 5.74) is -0.899. The van der Waals surface area contributed by atoms with Gasteiger partial charge in [-0.15, -0.1) is 0 Å². The van der Waals surface area contributed by atoms with E-state index in [1.54, 1.807) is 32.9 Å². The highest BCUT2D eigenvalue weighted by molar-refractivity contribution is 6.62. The third-order valence-corrected chi connectivity index (χ3v) is 5.33. The van der Waals surface area contributed by atoms with Gasteiger partial charge in [0.1, 0.15) is 11.4 Å². The molecule has 0 bridgehead atoms. The van der Waals surface area contributed by atoms with Crippen molar-refractivity contribution >= 4 is 24.4 Å². The molecule has 0 unspecified atom stereocenters. The molecule has 1 fully saturated rings. The summed E-state index contributed by atoms with van der Waals surface area (Å²) in [6.45, 7) is 17.7. The fraction of sp³-hybridized carbons (Fsp3) is 0.682. The number of anilines is 1. The Morgan fingerprint density at radius 2 is 1.72 bits per heavy atom. The van der Waals surface area contributed by atoms with Gasteiger partial charge in [-0.05, 0) is 78.4 Å². The van der Waals surface area contributed by atoms with Gasteiger partial charge in [0.15, 0.2) is 0 Å². The van der Waals surface area contributed by atoms with Crippen molar-refractivity contribution in [1.82, 2.24) is 0 Å². The number of ether oxygens (including phenoxy) is 1. The van der Waals surface area contributed by atoms with Crippen molar-refractivity contribution in [2.75, 3.05) is 11.4 Å². The Morgan fingerprint density at radius 1 is 1.17 bits per heavy atom. The van der Waals surface area contributed by atoms with Crippen LogP contribution in [0.4, 0.5) is 14.9 Å². The van der Waals surface area contributed by atoms with E-state index in [1.165, 1.54) is 11.0 Å². The van der Waals surface area contributed by atoms with Crippen LogP contribution in [0.3, 0.4) is 0 Å². The Labute approximate surface area is 175 Å². The maximum atomic E-state index is 15.1. The summed E-state index contributed by atoms with van der Waals surface area (Å²) in [4.78, 5) is 14.1. The van der Waals surface area contributed by atoms with Crippen molar-refractivity contribution in [2.45, 2.75) is 85.5 Å². The van der Waals surface area contributed by atoms with Crippen LogP contribution in [0.1, 0.15) is 68.7 Å². The van der Waals surface area contributed by atoms with Crippen molar-refractivity contribution in [1.29, 1.82) is 0 Å². The molecular weight excluding hydrogens is 372 g/mol. The molecule has 5 nitrogen and oxygen atoms in total. The second-order valence-corrected chi connectivity index (χ2v) is 10.1. The zero-order valence-corrected chi connectivity index (χ0v) is 19.3. The first-order valence-corrected chi connectivity index (χ1v) is 10.3. The van der Waals surface area contributed by atoms with Crippen LogP contribution in [0.15, 0.2) is 18.2 Å². The summed E-state index contributed by atoms with van der Waals surface area (Å²) in [6.07, 6.45) is 0.179. The van der Waals surface area contributed by atoms with E-state index in [2.05, 4.69) is 13.8 Å². The van der Waals surface area contributed by atoms with Crippen LogP contribution in [0, 0.1) is 11.7 Å². The van der Waals surface area contributed by atoms with Gasteiger partial charge in [0.2, 0.25) is 0 Å². The highest BCUT2D eigenvalue weighted by Gasteiger charge is 2.51. The zero-order valence-electron chi connectivity index (χ0n) is 19.3. The molecule has 7 heteroatoms. The second-order valence-electron chi connectivity index (χ2n) is 10.1. The van der Waals surface area contributed by atoms with E-state index >= 15 is 4.39 Å². The van der Waals surface area contributed by atoms with Crippen molar-refractivity contribution in [3.8, 4) is 0 Å². The van der Waals surface area contributed by atoms with Gasteiger partial charge >= 0.3 is 13.2 Å². The minimum atomic E-state index is -0.660. The second kappa shape index (κ2) is 8.27.